The molecule has 15 heavy (non-hydrogen) atoms. The topological polar surface area (TPSA) is 196 Å². The van der Waals surface area contributed by atoms with E-state index in [1.807, 2.05) is 0 Å². The third-order valence-electron chi connectivity index (χ3n) is 0. The molecule has 0 aliphatic rings. The van der Waals surface area contributed by atoms with Crippen molar-refractivity contribution in [1.82, 2.24) is 0 Å². The zero-order chi connectivity index (χ0) is 10.7. The fraction of sp³-hybridized carbons (Fsp3) is 0. The first-order chi connectivity index (χ1) is 5.20. The van der Waals surface area contributed by atoms with E-state index < -0.39 is 23.8 Å². The molecule has 0 heterocycles. The summed E-state index contributed by atoms with van der Waals surface area (Å²) >= 11 is 0. The monoisotopic (exact) mass is 388 g/mol. The first-order valence-electron chi connectivity index (χ1n) is 2.07. The van der Waals surface area contributed by atoms with Crippen molar-refractivity contribution in [2.45, 2.75) is 0 Å². The predicted molar refractivity (Wildman–Crippen MR) is 22.4 cm³/mol. The van der Waals surface area contributed by atoms with Crippen LogP contribution in [0.5, 0.6) is 0 Å². The van der Waals surface area contributed by atoms with E-state index >= 15 is 0 Å². The molecular weight excluding hydrogens is 390 g/mol. The molecule has 0 bridgehead atoms. The molecule has 0 radical (unpaired) electrons. The maximum atomic E-state index is 8.74. The molecule has 0 aromatic rings. The molecule has 0 fully saturated rings. The fourth-order valence-corrected chi connectivity index (χ4v) is 0. The maximum absolute atomic E-state index is 8.74. The van der Waals surface area contributed by atoms with Crippen molar-refractivity contribution in [2.75, 3.05) is 0 Å². The normalized spacial score (nSPS) is 5.20. The molecule has 9 nitrogen and oxygen atoms in total. The quantitative estimate of drug-likeness (QED) is 0.376. The minimum absolute atomic E-state index is 0. The molecule has 0 amide bonds. The molecule has 0 rings (SSSR count). The molecule has 0 aliphatic carbocycles. The van der Waals surface area contributed by atoms with Crippen molar-refractivity contribution in [3.05, 3.63) is 0 Å². The molecule has 0 spiro atoms. The van der Waals surface area contributed by atoms with E-state index in [-0.39, 0.29) is 58.4 Å². The van der Waals surface area contributed by atoms with Gasteiger partial charge in [-0.2, -0.15) is 0 Å². The van der Waals surface area contributed by atoms with Crippen molar-refractivity contribution < 1.29 is 103 Å². The minimum Gasteiger partial charge on any atom is -0.907 e. The van der Waals surface area contributed by atoms with E-state index in [1.54, 1.807) is 0 Å². The standard InChI is InChI=1S/2BO3.H2O3Si.3Zn/c2*2-1(3)4;1-4(2)3;;;/h;;1-2H;;;/q2*-3;;3*+2. The summed E-state index contributed by atoms with van der Waals surface area (Å²) in [5, 5.41) is 50.5. The van der Waals surface area contributed by atoms with Gasteiger partial charge in [-0.05, 0) is 0 Å². The maximum Gasteiger partial charge on any atom is 2.00 e. The number of hydrogen-bond acceptors (Lipinski definition) is 7. The van der Waals surface area contributed by atoms with Crippen LogP contribution in [0.25, 0.3) is 0 Å². The summed E-state index contributed by atoms with van der Waals surface area (Å²) in [5.74, 6) is 0. The average molecular weight is 392 g/mol. The van der Waals surface area contributed by atoms with Gasteiger partial charge in [-0.15, -0.1) is 0 Å². The molecule has 0 atom stereocenters. The molecule has 2 N–H and O–H groups in total. The van der Waals surface area contributed by atoms with E-state index in [9.17, 15) is 0 Å². The van der Waals surface area contributed by atoms with Gasteiger partial charge in [0.2, 0.25) is 0 Å². The van der Waals surface area contributed by atoms with Gasteiger partial charge in [0.15, 0.2) is 0 Å². The molecule has 15 heteroatoms. The van der Waals surface area contributed by atoms with Gasteiger partial charge in [-0.3, -0.25) is 19.1 Å². The van der Waals surface area contributed by atoms with Crippen molar-refractivity contribution in [2.24, 2.45) is 0 Å². The van der Waals surface area contributed by atoms with Gasteiger partial charge in [-0.1, -0.05) is 0 Å². The molecule has 0 aromatic heterocycles. The van der Waals surface area contributed by atoms with Crippen LogP contribution >= 0.6 is 0 Å². The Morgan fingerprint density at radius 2 is 0.733 bits per heavy atom. The Hall–Kier alpha value is 1.38. The Labute approximate surface area is 126 Å². The van der Waals surface area contributed by atoms with Gasteiger partial charge in [0.1, 0.15) is 0 Å². The van der Waals surface area contributed by atoms with Crippen molar-refractivity contribution in [1.29, 1.82) is 0 Å². The van der Waals surface area contributed by atoms with Crippen LogP contribution in [0.15, 0.2) is 0 Å². The molecular formula is H2B2O9SiZn3. The Morgan fingerprint density at radius 1 is 0.733 bits per heavy atom. The molecule has 0 aliphatic heterocycles. The van der Waals surface area contributed by atoms with Crippen molar-refractivity contribution >= 4 is 23.8 Å². The number of rotatable bonds is 0. The number of hydrogen-bond donors (Lipinski definition) is 2. The second-order valence-corrected chi connectivity index (χ2v) is 1.43. The Balaban J connectivity index is -0.0000000184. The van der Waals surface area contributed by atoms with E-state index in [4.69, 9.17) is 44.2 Å². The summed E-state index contributed by atoms with van der Waals surface area (Å²) in [7, 11) is -8.96. The second kappa shape index (κ2) is 29.5. The third kappa shape index (κ3) is 1450. The summed E-state index contributed by atoms with van der Waals surface area (Å²) in [6.45, 7) is 0. The van der Waals surface area contributed by atoms with E-state index in [2.05, 4.69) is 0 Å². The molecule has 0 saturated heterocycles. The van der Waals surface area contributed by atoms with Crippen LogP contribution in [0.2, 0.25) is 0 Å². The molecule has 0 saturated carbocycles. The first-order valence-corrected chi connectivity index (χ1v) is 3.37. The van der Waals surface area contributed by atoms with Crippen LogP contribution in [0, 0.1) is 0 Å². The molecule has 0 aromatic carbocycles. The summed E-state index contributed by atoms with van der Waals surface area (Å²) in [6, 6.07) is 0. The molecule has 72 valence electrons. The fourth-order valence-electron chi connectivity index (χ4n) is 0. The van der Waals surface area contributed by atoms with Crippen LogP contribution in [-0.4, -0.2) is 33.4 Å². The Morgan fingerprint density at radius 3 is 0.733 bits per heavy atom. The smallest absolute Gasteiger partial charge is 0.907 e. The van der Waals surface area contributed by atoms with E-state index in [0.717, 1.165) is 0 Å². The average Bonchev–Trinajstić information content (AvgIpc) is 1.54. The van der Waals surface area contributed by atoms with Gasteiger partial charge in [0, 0.05) is 0 Å². The third-order valence-corrected chi connectivity index (χ3v) is 0. The summed E-state index contributed by atoms with van der Waals surface area (Å²) in [4.78, 5) is 14.3. The second-order valence-electron chi connectivity index (χ2n) is 0.860. The summed E-state index contributed by atoms with van der Waals surface area (Å²) in [5.41, 5.74) is 0. The summed E-state index contributed by atoms with van der Waals surface area (Å²) in [6.07, 6.45) is 0. The van der Waals surface area contributed by atoms with Gasteiger partial charge in [0.05, 0.1) is 0 Å². The Kier molecular flexibility index (Phi) is 70.8. The van der Waals surface area contributed by atoms with E-state index in [1.165, 1.54) is 0 Å². The van der Waals surface area contributed by atoms with Crippen LogP contribution < -0.4 is 30.1 Å². The predicted octanol–water partition coefficient (Wildman–Crippen LogP) is -9.52. The van der Waals surface area contributed by atoms with Gasteiger partial charge >= 0.3 is 67.6 Å². The first kappa shape index (κ1) is 36.0. The SMILES string of the molecule is O=[Si](O)O.[O-]B([O-])[O-].[O-]B([O-])[O-].[Zn+2].[Zn+2].[Zn+2]. The summed E-state index contributed by atoms with van der Waals surface area (Å²) < 4.78 is 8.74. The zero-order valence-corrected chi connectivity index (χ0v) is 17.4. The van der Waals surface area contributed by atoms with Crippen molar-refractivity contribution in [3.8, 4) is 0 Å². The van der Waals surface area contributed by atoms with Crippen LogP contribution in [0.4, 0.5) is 0 Å². The van der Waals surface area contributed by atoms with Gasteiger partial charge in [0.25, 0.3) is 0 Å². The van der Waals surface area contributed by atoms with Crippen LogP contribution in [0.1, 0.15) is 0 Å². The van der Waals surface area contributed by atoms with E-state index in [0.29, 0.717) is 0 Å². The van der Waals surface area contributed by atoms with Crippen LogP contribution in [-0.2, 0) is 62.9 Å². The minimum atomic E-state index is -3.13. The van der Waals surface area contributed by atoms with Gasteiger partial charge in [-0.25, -0.2) is 0 Å². The zero-order valence-electron chi connectivity index (χ0n) is 7.53. The van der Waals surface area contributed by atoms with Crippen LogP contribution in [0.3, 0.4) is 0 Å². The largest absolute Gasteiger partial charge is 2.00 e. The Bertz CT molecular complexity index is 85.8. The van der Waals surface area contributed by atoms with Crippen molar-refractivity contribution in [3.63, 3.8) is 0 Å². The van der Waals surface area contributed by atoms with Gasteiger partial charge < -0.3 is 39.7 Å². The molecule has 0 unspecified atom stereocenters.